The van der Waals surface area contributed by atoms with Gasteiger partial charge in [0.15, 0.2) is 11.6 Å². The number of ketones is 2. The molecule has 2 aromatic carbocycles. The zero-order valence-electron chi connectivity index (χ0n) is 13.8. The van der Waals surface area contributed by atoms with Crippen molar-refractivity contribution < 1.29 is 14.3 Å². The van der Waals surface area contributed by atoms with E-state index in [0.29, 0.717) is 17.7 Å². The smallest absolute Gasteiger partial charge is 0.170 e. The Morgan fingerprint density at radius 3 is 1.91 bits per heavy atom. The van der Waals surface area contributed by atoms with Crippen LogP contribution in [0.1, 0.15) is 46.5 Å². The van der Waals surface area contributed by atoms with Gasteiger partial charge in [0.25, 0.3) is 0 Å². The molecule has 0 aliphatic rings. The molecule has 0 amide bonds. The van der Waals surface area contributed by atoms with Crippen LogP contribution in [0.5, 0.6) is 0 Å². The molecule has 0 aromatic heterocycles. The van der Waals surface area contributed by atoms with E-state index in [4.69, 9.17) is 4.74 Å². The first-order valence-electron chi connectivity index (χ1n) is 7.65. The molecule has 0 saturated heterocycles. The normalized spacial score (nSPS) is 11.3. The molecule has 0 bridgehead atoms. The fourth-order valence-electron chi connectivity index (χ4n) is 2.53. The Hall–Kier alpha value is -2.26. The number of Topliss-reactive ketones (excluding diaryl/α,β-unsaturated/α-hetero) is 2. The quantitative estimate of drug-likeness (QED) is 0.572. The summed E-state index contributed by atoms with van der Waals surface area (Å²) in [6.45, 7) is 4.78. The zero-order valence-corrected chi connectivity index (χ0v) is 13.8. The van der Waals surface area contributed by atoms with Crippen molar-refractivity contribution in [3.8, 4) is 0 Å². The highest BCUT2D eigenvalue weighted by Crippen LogP contribution is 2.24. The molecule has 0 unspecified atom stereocenters. The van der Waals surface area contributed by atoms with Crippen molar-refractivity contribution in [3.63, 3.8) is 0 Å². The molecule has 0 aliphatic carbocycles. The molecule has 0 fully saturated rings. The van der Waals surface area contributed by atoms with Crippen LogP contribution in [-0.4, -0.2) is 25.3 Å². The van der Waals surface area contributed by atoms with E-state index in [1.54, 1.807) is 43.5 Å². The number of hydrogen-bond acceptors (Lipinski definition) is 3. The number of ether oxygens (including phenoxy) is 1. The Morgan fingerprint density at radius 2 is 1.39 bits per heavy atom. The standard InChI is InChI=1S/C20H22O3/c1-20(2,14-23-3)17-11-9-16(10-12-17)19(22)13-18(21)15-7-5-4-6-8-15/h4-12H,13-14H2,1-3H3. The Balaban J connectivity index is 2.07. The van der Waals surface area contributed by atoms with Crippen LogP contribution in [0.3, 0.4) is 0 Å². The highest BCUT2D eigenvalue weighted by Gasteiger charge is 2.21. The van der Waals surface area contributed by atoms with Crippen LogP contribution >= 0.6 is 0 Å². The van der Waals surface area contributed by atoms with Crippen molar-refractivity contribution in [2.45, 2.75) is 25.7 Å². The van der Waals surface area contributed by atoms with Gasteiger partial charge in [-0.25, -0.2) is 0 Å². The third kappa shape index (κ3) is 4.36. The lowest BCUT2D eigenvalue weighted by Crippen LogP contribution is -2.23. The second kappa shape index (κ2) is 7.34. The molecule has 0 spiro atoms. The van der Waals surface area contributed by atoms with Gasteiger partial charge in [-0.15, -0.1) is 0 Å². The Morgan fingerprint density at radius 1 is 0.870 bits per heavy atom. The molecule has 0 N–H and O–H groups in total. The van der Waals surface area contributed by atoms with E-state index >= 15 is 0 Å². The molecule has 3 heteroatoms. The van der Waals surface area contributed by atoms with Gasteiger partial charge in [-0.2, -0.15) is 0 Å². The number of methoxy groups -OCH3 is 1. The summed E-state index contributed by atoms with van der Waals surface area (Å²) in [5.41, 5.74) is 2.12. The fourth-order valence-corrected chi connectivity index (χ4v) is 2.53. The van der Waals surface area contributed by atoms with Crippen molar-refractivity contribution in [1.29, 1.82) is 0 Å². The number of hydrogen-bond donors (Lipinski definition) is 0. The maximum atomic E-state index is 12.3. The average Bonchev–Trinajstić information content (AvgIpc) is 2.55. The summed E-state index contributed by atoms with van der Waals surface area (Å²) in [5.74, 6) is -0.311. The Bertz CT molecular complexity index is 670. The molecule has 23 heavy (non-hydrogen) atoms. The number of carbonyl (C=O) groups excluding carboxylic acids is 2. The summed E-state index contributed by atoms with van der Waals surface area (Å²) in [6, 6.07) is 16.3. The Labute approximate surface area is 137 Å². The molecule has 0 aliphatic heterocycles. The minimum Gasteiger partial charge on any atom is -0.384 e. The minimum atomic E-state index is -0.157. The van der Waals surface area contributed by atoms with E-state index < -0.39 is 0 Å². The van der Waals surface area contributed by atoms with Crippen LogP contribution in [0.4, 0.5) is 0 Å². The lowest BCUT2D eigenvalue weighted by Gasteiger charge is -2.24. The van der Waals surface area contributed by atoms with Crippen LogP contribution < -0.4 is 0 Å². The van der Waals surface area contributed by atoms with Crippen molar-refractivity contribution in [1.82, 2.24) is 0 Å². The molecule has 3 nitrogen and oxygen atoms in total. The van der Waals surface area contributed by atoms with E-state index in [-0.39, 0.29) is 23.4 Å². The molecule has 0 atom stereocenters. The topological polar surface area (TPSA) is 43.4 Å². The van der Waals surface area contributed by atoms with Gasteiger partial charge in [0, 0.05) is 23.7 Å². The zero-order chi connectivity index (χ0) is 16.9. The fraction of sp³-hybridized carbons (Fsp3) is 0.300. The first kappa shape index (κ1) is 17.1. The van der Waals surface area contributed by atoms with Gasteiger partial charge in [0.05, 0.1) is 13.0 Å². The second-order valence-corrected chi connectivity index (χ2v) is 6.28. The highest BCUT2D eigenvalue weighted by atomic mass is 16.5. The number of carbonyl (C=O) groups is 2. The van der Waals surface area contributed by atoms with Gasteiger partial charge in [-0.05, 0) is 5.56 Å². The van der Waals surface area contributed by atoms with Crippen LogP contribution in [0, 0.1) is 0 Å². The summed E-state index contributed by atoms with van der Waals surface area (Å²) in [6.07, 6.45) is -0.106. The van der Waals surface area contributed by atoms with Gasteiger partial charge in [-0.3, -0.25) is 9.59 Å². The van der Waals surface area contributed by atoms with Crippen molar-refractivity contribution in [2.75, 3.05) is 13.7 Å². The van der Waals surface area contributed by atoms with E-state index in [0.717, 1.165) is 5.56 Å². The minimum absolute atomic E-state index is 0.106. The SMILES string of the molecule is COCC(C)(C)c1ccc(C(=O)CC(=O)c2ccccc2)cc1. The molecule has 0 saturated carbocycles. The van der Waals surface area contributed by atoms with Gasteiger partial charge < -0.3 is 4.74 Å². The van der Waals surface area contributed by atoms with Crippen LogP contribution in [0.2, 0.25) is 0 Å². The molecule has 2 aromatic rings. The molecule has 2 rings (SSSR count). The predicted molar refractivity (Wildman–Crippen MR) is 91.1 cm³/mol. The monoisotopic (exact) mass is 310 g/mol. The number of benzene rings is 2. The molecular weight excluding hydrogens is 288 g/mol. The summed E-state index contributed by atoms with van der Waals surface area (Å²) in [5, 5.41) is 0. The van der Waals surface area contributed by atoms with E-state index in [1.165, 1.54) is 0 Å². The predicted octanol–water partition coefficient (Wildman–Crippen LogP) is 4.07. The van der Waals surface area contributed by atoms with Gasteiger partial charge in [0.2, 0.25) is 0 Å². The second-order valence-electron chi connectivity index (χ2n) is 6.28. The summed E-state index contributed by atoms with van der Waals surface area (Å²) < 4.78 is 5.23. The highest BCUT2D eigenvalue weighted by molar-refractivity contribution is 6.13. The first-order chi connectivity index (χ1) is 10.9. The van der Waals surface area contributed by atoms with Crippen molar-refractivity contribution >= 4 is 11.6 Å². The first-order valence-corrected chi connectivity index (χ1v) is 7.65. The van der Waals surface area contributed by atoms with Crippen molar-refractivity contribution in [3.05, 3.63) is 71.3 Å². The molecule has 0 radical (unpaired) electrons. The number of rotatable bonds is 7. The summed E-state index contributed by atoms with van der Waals surface area (Å²) >= 11 is 0. The lowest BCUT2D eigenvalue weighted by atomic mass is 9.85. The van der Waals surface area contributed by atoms with Gasteiger partial charge in [0.1, 0.15) is 0 Å². The van der Waals surface area contributed by atoms with Gasteiger partial charge >= 0.3 is 0 Å². The lowest BCUT2D eigenvalue weighted by molar-refractivity contribution is 0.0894. The largest absolute Gasteiger partial charge is 0.384 e. The van der Waals surface area contributed by atoms with E-state index in [2.05, 4.69) is 13.8 Å². The van der Waals surface area contributed by atoms with Crippen molar-refractivity contribution in [2.24, 2.45) is 0 Å². The van der Waals surface area contributed by atoms with Gasteiger partial charge in [-0.1, -0.05) is 68.4 Å². The Kier molecular flexibility index (Phi) is 5.45. The molecular formula is C20H22O3. The summed E-state index contributed by atoms with van der Waals surface area (Å²) in [7, 11) is 1.68. The summed E-state index contributed by atoms with van der Waals surface area (Å²) in [4.78, 5) is 24.4. The molecule has 0 heterocycles. The molecule has 120 valence electrons. The van der Waals surface area contributed by atoms with Crippen LogP contribution in [-0.2, 0) is 10.2 Å². The van der Waals surface area contributed by atoms with Crippen LogP contribution in [0.25, 0.3) is 0 Å². The maximum absolute atomic E-state index is 12.3. The third-order valence-corrected chi connectivity index (χ3v) is 3.91. The third-order valence-electron chi connectivity index (χ3n) is 3.91. The maximum Gasteiger partial charge on any atom is 0.170 e. The van der Waals surface area contributed by atoms with E-state index in [9.17, 15) is 9.59 Å². The van der Waals surface area contributed by atoms with E-state index in [1.807, 2.05) is 18.2 Å². The van der Waals surface area contributed by atoms with Crippen LogP contribution in [0.15, 0.2) is 54.6 Å². The average molecular weight is 310 g/mol.